The van der Waals surface area contributed by atoms with Gasteiger partial charge in [0, 0.05) is 23.7 Å². The fourth-order valence-corrected chi connectivity index (χ4v) is 4.23. The van der Waals surface area contributed by atoms with Crippen molar-refractivity contribution in [2.24, 2.45) is 0 Å². The Morgan fingerprint density at radius 1 is 0.897 bits per heavy atom. The largest absolute Gasteiger partial charge is 0.296 e. The first-order chi connectivity index (χ1) is 13.9. The third-order valence-electron chi connectivity index (χ3n) is 4.27. The smallest absolute Gasteiger partial charge is 0.261 e. The van der Waals surface area contributed by atoms with Gasteiger partial charge in [0.2, 0.25) is 0 Å². The summed E-state index contributed by atoms with van der Waals surface area (Å²) in [5, 5.41) is 2.02. The van der Waals surface area contributed by atoms with Crippen LogP contribution in [0, 0.1) is 0 Å². The monoisotopic (exact) mass is 484 g/mol. The van der Waals surface area contributed by atoms with Crippen LogP contribution in [0.4, 0.5) is 0 Å². The predicted octanol–water partition coefficient (Wildman–Crippen LogP) is 7.10. The second-order valence-electron chi connectivity index (χ2n) is 6.30. The van der Waals surface area contributed by atoms with Gasteiger partial charge in [-0.3, -0.25) is 14.5 Å². The number of carbonyl (C=O) groups is 1. The molecule has 0 aliphatic carbocycles. The van der Waals surface area contributed by atoms with Crippen molar-refractivity contribution in [2.45, 2.75) is 12.3 Å². The number of aromatic nitrogens is 1. The minimum Gasteiger partial charge on any atom is -0.296 e. The lowest BCUT2D eigenvalue weighted by Gasteiger charge is -2.18. The normalized spacial score (nSPS) is 11.9. The van der Waals surface area contributed by atoms with E-state index < -0.39 is 0 Å². The summed E-state index contributed by atoms with van der Waals surface area (Å²) in [6, 6.07) is 14.5. The van der Waals surface area contributed by atoms with Crippen LogP contribution in [0.25, 0.3) is 0 Å². The number of benzene rings is 2. The first kappa shape index (κ1) is 22.3. The fraction of sp³-hybridized carbons (Fsp3) is 0.143. The van der Waals surface area contributed by atoms with E-state index in [9.17, 15) is 4.79 Å². The van der Waals surface area contributed by atoms with Crippen molar-refractivity contribution in [2.75, 3.05) is 5.75 Å². The Morgan fingerprint density at radius 3 is 2.21 bits per heavy atom. The van der Waals surface area contributed by atoms with Crippen LogP contribution in [0.5, 0.6) is 0 Å². The number of hydrogen-bond acceptors (Lipinski definition) is 3. The number of amides is 1. The molecular weight excluding hydrogens is 470 g/mol. The minimum absolute atomic E-state index is 0.0738. The number of hydrogen-bond donors (Lipinski definition) is 1. The number of halogens is 4. The van der Waals surface area contributed by atoms with Gasteiger partial charge in [0.25, 0.3) is 5.91 Å². The van der Waals surface area contributed by atoms with E-state index in [4.69, 9.17) is 46.4 Å². The summed E-state index contributed by atoms with van der Waals surface area (Å²) in [5.74, 6) is 0.541. The van der Waals surface area contributed by atoms with Gasteiger partial charge < -0.3 is 0 Å². The third-order valence-corrected chi connectivity index (χ3v) is 6.65. The van der Waals surface area contributed by atoms with Gasteiger partial charge in [-0.15, -0.1) is 0 Å². The summed E-state index contributed by atoms with van der Waals surface area (Å²) in [7, 11) is 0. The predicted molar refractivity (Wildman–Crippen MR) is 124 cm³/mol. The van der Waals surface area contributed by atoms with Gasteiger partial charge in [-0.1, -0.05) is 58.5 Å². The molecule has 1 aromatic heterocycles. The number of nitrogens with one attached hydrogen (secondary N) is 1. The highest BCUT2D eigenvalue weighted by atomic mass is 35.5. The maximum absolute atomic E-state index is 12.3. The maximum atomic E-state index is 12.3. The molecule has 0 aliphatic rings. The van der Waals surface area contributed by atoms with Crippen LogP contribution in [-0.4, -0.2) is 16.6 Å². The molecular formula is C21H16Cl4N2OS. The molecule has 0 saturated carbocycles. The van der Waals surface area contributed by atoms with Gasteiger partial charge in [0.05, 0.1) is 20.1 Å². The average Bonchev–Trinajstić information content (AvgIpc) is 2.72. The molecule has 0 saturated heterocycles. The molecule has 1 N–H and O–H groups in total. The first-order valence-corrected chi connectivity index (χ1v) is 11.1. The van der Waals surface area contributed by atoms with E-state index in [1.165, 1.54) is 11.9 Å². The van der Waals surface area contributed by atoms with E-state index in [-0.39, 0.29) is 11.8 Å². The highest BCUT2D eigenvalue weighted by Crippen LogP contribution is 2.31. The molecule has 0 bridgehead atoms. The van der Waals surface area contributed by atoms with Crippen LogP contribution in [0.15, 0.2) is 60.9 Å². The summed E-state index contributed by atoms with van der Waals surface area (Å²) in [6.45, 7) is 0. The van der Waals surface area contributed by atoms with Gasteiger partial charge in [-0.2, -0.15) is 0 Å². The van der Waals surface area contributed by atoms with Crippen molar-refractivity contribution < 1.29 is 4.79 Å². The number of carbonyl (C=O) groups excluding carboxylic acids is 1. The van der Waals surface area contributed by atoms with Crippen LogP contribution in [0.2, 0.25) is 20.1 Å². The molecule has 8 heteroatoms. The highest BCUT2D eigenvalue weighted by Gasteiger charge is 2.16. The Balaban J connectivity index is 1.74. The number of rotatable bonds is 7. The summed E-state index contributed by atoms with van der Waals surface area (Å²) < 4.78 is 2.88. The van der Waals surface area contributed by atoms with Gasteiger partial charge in [0.1, 0.15) is 0 Å². The molecule has 0 aliphatic heterocycles. The number of nitrogens with zero attached hydrogens (tertiary/aromatic N) is 1. The summed E-state index contributed by atoms with van der Waals surface area (Å²) in [4.78, 5) is 16.2. The van der Waals surface area contributed by atoms with Crippen molar-refractivity contribution in [3.8, 4) is 0 Å². The Morgan fingerprint density at radius 2 is 1.55 bits per heavy atom. The summed E-state index contributed by atoms with van der Waals surface area (Å²) >= 11 is 25.8. The van der Waals surface area contributed by atoms with Crippen molar-refractivity contribution in [1.29, 1.82) is 0 Å². The maximum Gasteiger partial charge on any atom is 0.261 e. The highest BCUT2D eigenvalue weighted by molar-refractivity contribution is 7.97. The van der Waals surface area contributed by atoms with Crippen LogP contribution in [0.1, 0.15) is 27.4 Å². The minimum atomic E-state index is -0.167. The molecule has 0 spiro atoms. The van der Waals surface area contributed by atoms with E-state index in [0.717, 1.165) is 11.1 Å². The Kier molecular flexibility index (Phi) is 8.10. The van der Waals surface area contributed by atoms with E-state index in [2.05, 4.69) is 9.71 Å². The van der Waals surface area contributed by atoms with Crippen molar-refractivity contribution >= 4 is 64.3 Å². The molecule has 29 heavy (non-hydrogen) atoms. The molecule has 0 radical (unpaired) electrons. The summed E-state index contributed by atoms with van der Waals surface area (Å²) in [5.41, 5.74) is 2.62. The lowest BCUT2D eigenvalue weighted by molar-refractivity contribution is 0.0984. The first-order valence-electron chi connectivity index (χ1n) is 8.65. The van der Waals surface area contributed by atoms with Crippen molar-refractivity contribution in [3.05, 3.63) is 97.7 Å². The van der Waals surface area contributed by atoms with Crippen molar-refractivity contribution in [3.63, 3.8) is 0 Å². The van der Waals surface area contributed by atoms with E-state index in [1.54, 1.807) is 36.7 Å². The Bertz CT molecular complexity index is 1000. The number of pyridine rings is 1. The molecule has 3 rings (SSSR count). The van der Waals surface area contributed by atoms with Gasteiger partial charge in [-0.05, 0) is 71.8 Å². The van der Waals surface area contributed by atoms with E-state index in [1.807, 2.05) is 24.3 Å². The molecule has 1 heterocycles. The van der Waals surface area contributed by atoms with Crippen LogP contribution < -0.4 is 4.72 Å². The molecule has 3 aromatic rings. The van der Waals surface area contributed by atoms with Gasteiger partial charge >= 0.3 is 0 Å². The zero-order valence-electron chi connectivity index (χ0n) is 15.0. The molecule has 0 fully saturated rings. The quantitative estimate of drug-likeness (QED) is 0.363. The van der Waals surface area contributed by atoms with Crippen LogP contribution in [0.3, 0.4) is 0 Å². The van der Waals surface area contributed by atoms with E-state index in [0.29, 0.717) is 37.8 Å². The van der Waals surface area contributed by atoms with Crippen LogP contribution in [-0.2, 0) is 6.42 Å². The van der Waals surface area contributed by atoms with Gasteiger partial charge in [-0.25, -0.2) is 0 Å². The lowest BCUT2D eigenvalue weighted by atomic mass is 9.93. The molecule has 3 nitrogen and oxygen atoms in total. The standard InChI is InChI=1S/C21H16Cl4N2OS/c22-17-3-1-13(10-19(17)24)9-16(15-2-4-18(23)20(25)11-15)12-29-27-21(28)14-5-7-26-8-6-14/h1-8,10-11,16H,9,12H2,(H,27,28). The summed E-state index contributed by atoms with van der Waals surface area (Å²) in [6.07, 6.45) is 3.87. The third kappa shape index (κ3) is 6.27. The zero-order valence-corrected chi connectivity index (χ0v) is 18.9. The second kappa shape index (κ2) is 10.6. The second-order valence-corrected chi connectivity index (χ2v) is 8.76. The Hall–Kier alpha value is -1.43. The zero-order chi connectivity index (χ0) is 20.8. The molecule has 150 valence electrons. The topological polar surface area (TPSA) is 42.0 Å². The fourth-order valence-electron chi connectivity index (χ4n) is 2.76. The molecule has 2 aromatic carbocycles. The molecule has 1 amide bonds. The average molecular weight is 486 g/mol. The molecule has 1 unspecified atom stereocenters. The molecule has 1 atom stereocenters. The van der Waals surface area contributed by atoms with E-state index >= 15 is 0 Å². The lowest BCUT2D eigenvalue weighted by Crippen LogP contribution is -2.18. The SMILES string of the molecule is O=C(NSCC(Cc1ccc(Cl)c(Cl)c1)c1ccc(Cl)c(Cl)c1)c1ccncc1. The van der Waals surface area contributed by atoms with Crippen molar-refractivity contribution in [1.82, 2.24) is 9.71 Å². The Labute approximate surface area is 193 Å². The van der Waals surface area contributed by atoms with Crippen LogP contribution >= 0.6 is 58.4 Å². The van der Waals surface area contributed by atoms with Gasteiger partial charge in [0.15, 0.2) is 0 Å².